The van der Waals surface area contributed by atoms with E-state index in [2.05, 4.69) is 12.2 Å². The summed E-state index contributed by atoms with van der Waals surface area (Å²) in [7, 11) is 0. The number of carbonyl (C=O) groups excluding carboxylic acids is 1. The molecule has 0 atom stereocenters. The summed E-state index contributed by atoms with van der Waals surface area (Å²) in [5.41, 5.74) is 0. The van der Waals surface area contributed by atoms with E-state index in [-0.39, 0.29) is 5.91 Å². The van der Waals surface area contributed by atoms with Gasteiger partial charge in [-0.1, -0.05) is 6.92 Å². The first-order valence-electron chi connectivity index (χ1n) is 4.70. The fourth-order valence-corrected chi connectivity index (χ4v) is 2.46. The molecule has 1 fully saturated rings. The van der Waals surface area contributed by atoms with E-state index in [1.165, 1.54) is 0 Å². The molecule has 1 rings (SSSR count). The zero-order chi connectivity index (χ0) is 8.81. The molecular formula is C9H17NOS. The minimum absolute atomic E-state index is 0.275. The SMILES string of the molecule is CCCNC(=O)C1CCSCC1. The molecule has 70 valence electrons. The van der Waals surface area contributed by atoms with Crippen LogP contribution in [0.25, 0.3) is 0 Å². The van der Waals surface area contributed by atoms with Crippen LogP contribution in [0.15, 0.2) is 0 Å². The van der Waals surface area contributed by atoms with Crippen molar-refractivity contribution in [2.24, 2.45) is 5.92 Å². The standard InChI is InChI=1S/C9H17NOS/c1-2-5-10-9(11)8-3-6-12-7-4-8/h8H,2-7H2,1H3,(H,10,11). The Hall–Kier alpha value is -0.180. The Balaban J connectivity index is 2.20. The maximum absolute atomic E-state index is 11.4. The van der Waals surface area contributed by atoms with Gasteiger partial charge in [0, 0.05) is 12.5 Å². The van der Waals surface area contributed by atoms with E-state index in [1.54, 1.807) is 0 Å². The van der Waals surface area contributed by atoms with Gasteiger partial charge in [0.05, 0.1) is 0 Å². The summed E-state index contributed by atoms with van der Waals surface area (Å²) in [6.45, 7) is 2.92. The lowest BCUT2D eigenvalue weighted by Gasteiger charge is -2.20. The Morgan fingerprint density at radius 3 is 2.75 bits per heavy atom. The average Bonchev–Trinajstić information content (AvgIpc) is 2.15. The van der Waals surface area contributed by atoms with Gasteiger partial charge in [-0.15, -0.1) is 0 Å². The molecule has 1 amide bonds. The third-order valence-electron chi connectivity index (χ3n) is 2.14. The average molecular weight is 187 g/mol. The summed E-state index contributed by atoms with van der Waals surface area (Å²) in [4.78, 5) is 11.4. The fourth-order valence-electron chi connectivity index (χ4n) is 1.35. The van der Waals surface area contributed by atoms with Gasteiger partial charge in [-0.3, -0.25) is 4.79 Å². The molecule has 2 nitrogen and oxygen atoms in total. The molecular weight excluding hydrogens is 170 g/mol. The maximum Gasteiger partial charge on any atom is 0.223 e. The Morgan fingerprint density at radius 1 is 1.50 bits per heavy atom. The molecule has 0 unspecified atom stereocenters. The van der Waals surface area contributed by atoms with Gasteiger partial charge in [-0.25, -0.2) is 0 Å². The molecule has 0 spiro atoms. The minimum Gasteiger partial charge on any atom is -0.356 e. The van der Waals surface area contributed by atoms with Crippen molar-refractivity contribution >= 4 is 17.7 Å². The molecule has 0 aromatic rings. The highest BCUT2D eigenvalue weighted by atomic mass is 32.2. The Morgan fingerprint density at radius 2 is 2.17 bits per heavy atom. The molecule has 0 radical (unpaired) electrons. The number of hydrogen-bond donors (Lipinski definition) is 1. The molecule has 1 N–H and O–H groups in total. The number of hydrogen-bond acceptors (Lipinski definition) is 2. The van der Waals surface area contributed by atoms with Crippen molar-refractivity contribution in [1.29, 1.82) is 0 Å². The van der Waals surface area contributed by atoms with Crippen molar-refractivity contribution < 1.29 is 4.79 Å². The van der Waals surface area contributed by atoms with Crippen LogP contribution >= 0.6 is 11.8 Å². The Kier molecular flexibility index (Phi) is 4.51. The summed E-state index contributed by atoms with van der Waals surface area (Å²) < 4.78 is 0. The van der Waals surface area contributed by atoms with E-state index < -0.39 is 0 Å². The smallest absolute Gasteiger partial charge is 0.223 e. The predicted molar refractivity (Wildman–Crippen MR) is 53.3 cm³/mol. The van der Waals surface area contributed by atoms with Gasteiger partial charge in [-0.05, 0) is 30.8 Å². The van der Waals surface area contributed by atoms with Crippen LogP contribution in [0.2, 0.25) is 0 Å². The minimum atomic E-state index is 0.275. The van der Waals surface area contributed by atoms with Crippen LogP contribution in [0.1, 0.15) is 26.2 Å². The zero-order valence-corrected chi connectivity index (χ0v) is 8.45. The number of rotatable bonds is 3. The topological polar surface area (TPSA) is 29.1 Å². The van der Waals surface area contributed by atoms with E-state index in [9.17, 15) is 4.79 Å². The number of carbonyl (C=O) groups is 1. The van der Waals surface area contributed by atoms with Gasteiger partial charge in [0.1, 0.15) is 0 Å². The van der Waals surface area contributed by atoms with Crippen molar-refractivity contribution in [3.8, 4) is 0 Å². The van der Waals surface area contributed by atoms with Crippen LogP contribution in [-0.4, -0.2) is 24.0 Å². The Bertz CT molecular complexity index is 143. The van der Waals surface area contributed by atoms with Gasteiger partial charge in [0.2, 0.25) is 5.91 Å². The molecule has 12 heavy (non-hydrogen) atoms. The lowest BCUT2D eigenvalue weighted by Crippen LogP contribution is -2.33. The van der Waals surface area contributed by atoms with E-state index >= 15 is 0 Å². The van der Waals surface area contributed by atoms with Gasteiger partial charge >= 0.3 is 0 Å². The van der Waals surface area contributed by atoms with Crippen LogP contribution in [0.3, 0.4) is 0 Å². The van der Waals surface area contributed by atoms with Crippen molar-refractivity contribution in [2.45, 2.75) is 26.2 Å². The molecule has 1 aliphatic rings. The summed E-state index contributed by atoms with van der Waals surface area (Å²) in [6.07, 6.45) is 3.17. The third-order valence-corrected chi connectivity index (χ3v) is 3.19. The highest BCUT2D eigenvalue weighted by Gasteiger charge is 2.20. The molecule has 0 saturated carbocycles. The van der Waals surface area contributed by atoms with Crippen LogP contribution in [0.4, 0.5) is 0 Å². The second kappa shape index (κ2) is 5.46. The second-order valence-electron chi connectivity index (χ2n) is 3.18. The number of amides is 1. The van der Waals surface area contributed by atoms with E-state index in [0.29, 0.717) is 5.92 Å². The van der Waals surface area contributed by atoms with Crippen molar-refractivity contribution in [3.63, 3.8) is 0 Å². The molecule has 0 aromatic heterocycles. The lowest BCUT2D eigenvalue weighted by atomic mass is 10.0. The second-order valence-corrected chi connectivity index (χ2v) is 4.40. The summed E-state index contributed by atoms with van der Waals surface area (Å²) in [5.74, 6) is 2.89. The predicted octanol–water partition coefficient (Wildman–Crippen LogP) is 1.66. The lowest BCUT2D eigenvalue weighted by molar-refractivity contribution is -0.125. The summed E-state index contributed by atoms with van der Waals surface area (Å²) >= 11 is 1.96. The van der Waals surface area contributed by atoms with Gasteiger partial charge in [0.15, 0.2) is 0 Å². The monoisotopic (exact) mass is 187 g/mol. The molecule has 3 heteroatoms. The molecule has 0 bridgehead atoms. The van der Waals surface area contributed by atoms with Crippen LogP contribution in [0.5, 0.6) is 0 Å². The first kappa shape index (κ1) is 9.90. The Labute approximate surface area is 78.5 Å². The van der Waals surface area contributed by atoms with Crippen molar-refractivity contribution in [1.82, 2.24) is 5.32 Å². The van der Waals surface area contributed by atoms with E-state index in [1.807, 2.05) is 11.8 Å². The van der Waals surface area contributed by atoms with E-state index in [0.717, 1.165) is 37.3 Å². The van der Waals surface area contributed by atoms with Crippen LogP contribution in [0, 0.1) is 5.92 Å². The fraction of sp³-hybridized carbons (Fsp3) is 0.889. The zero-order valence-electron chi connectivity index (χ0n) is 7.64. The van der Waals surface area contributed by atoms with Crippen molar-refractivity contribution in [2.75, 3.05) is 18.1 Å². The molecule has 1 heterocycles. The molecule has 0 aliphatic carbocycles. The number of thioether (sulfide) groups is 1. The normalized spacial score (nSPS) is 19.1. The van der Waals surface area contributed by atoms with Gasteiger partial charge in [0.25, 0.3) is 0 Å². The highest BCUT2D eigenvalue weighted by molar-refractivity contribution is 7.99. The maximum atomic E-state index is 11.4. The van der Waals surface area contributed by atoms with Gasteiger partial charge in [-0.2, -0.15) is 11.8 Å². The van der Waals surface area contributed by atoms with E-state index in [4.69, 9.17) is 0 Å². The van der Waals surface area contributed by atoms with Crippen LogP contribution in [-0.2, 0) is 4.79 Å². The summed E-state index contributed by atoms with van der Waals surface area (Å²) in [5, 5.41) is 2.95. The molecule has 1 saturated heterocycles. The third kappa shape index (κ3) is 3.05. The van der Waals surface area contributed by atoms with Crippen molar-refractivity contribution in [3.05, 3.63) is 0 Å². The largest absolute Gasteiger partial charge is 0.356 e. The first-order valence-corrected chi connectivity index (χ1v) is 5.85. The molecule has 1 aliphatic heterocycles. The van der Waals surface area contributed by atoms with Gasteiger partial charge < -0.3 is 5.32 Å². The quantitative estimate of drug-likeness (QED) is 0.728. The highest BCUT2D eigenvalue weighted by Crippen LogP contribution is 2.22. The molecule has 0 aromatic carbocycles. The van der Waals surface area contributed by atoms with Crippen LogP contribution < -0.4 is 5.32 Å². The summed E-state index contributed by atoms with van der Waals surface area (Å²) in [6, 6.07) is 0. The first-order chi connectivity index (χ1) is 5.84. The number of nitrogens with one attached hydrogen (secondary N) is 1.